The summed E-state index contributed by atoms with van der Waals surface area (Å²) >= 11 is 0. The standard InChI is InChI=1S/C39H46FN5O5/c1-37-22-25-24-44-45(28-11-9-27(40)10-12-28)31(25)21-26(37)8-13-29-30-14-15-39(38(30,2)23-32(46)34(29)37,50-35(47)33-7-6-20-49-33)36(48)43-17-5-4-16-42-19-18-41-3/h6-7,9-12,16,18-21,24,29-30,32,34,41,46H,4-5,8,13-15,17,22-23H2,1-3H3,(H,43,48)/b19-18-,42-16?/t29?,30?,32-,34?,37?,38?,39-/m0/s1. The number of nitrogens with one attached hydrogen (secondary N) is 2. The maximum absolute atomic E-state index is 14.3. The van der Waals surface area contributed by atoms with E-state index in [1.807, 2.05) is 17.8 Å². The van der Waals surface area contributed by atoms with Crippen molar-refractivity contribution in [3.63, 3.8) is 0 Å². The van der Waals surface area contributed by atoms with E-state index in [-0.39, 0.29) is 40.7 Å². The molecule has 0 aliphatic heterocycles. The first-order valence-corrected chi connectivity index (χ1v) is 17.7. The molecule has 0 spiro atoms. The van der Waals surface area contributed by atoms with E-state index < -0.39 is 23.1 Å². The number of carbonyl (C=O) groups excluding carboxylic acids is 2. The van der Waals surface area contributed by atoms with Crippen LogP contribution >= 0.6 is 0 Å². The number of allylic oxidation sites excluding steroid dienone is 1. The molecule has 7 rings (SSSR count). The summed E-state index contributed by atoms with van der Waals surface area (Å²) in [5.74, 6) is -1.11. The van der Waals surface area contributed by atoms with Gasteiger partial charge in [0.1, 0.15) is 5.82 Å². The summed E-state index contributed by atoms with van der Waals surface area (Å²) in [5, 5.41) is 22.9. The summed E-state index contributed by atoms with van der Waals surface area (Å²) < 4.78 is 27.2. The number of aromatic nitrogens is 2. The lowest BCUT2D eigenvalue weighted by molar-refractivity contribution is -0.182. The number of carbonyl (C=O) groups is 2. The number of aliphatic hydroxyl groups excluding tert-OH is 1. The zero-order chi connectivity index (χ0) is 35.1. The van der Waals surface area contributed by atoms with Gasteiger partial charge in [0, 0.05) is 37.6 Å². The Kier molecular flexibility index (Phi) is 9.05. The summed E-state index contributed by atoms with van der Waals surface area (Å²) in [6, 6.07) is 9.52. The number of rotatable bonds is 10. The van der Waals surface area contributed by atoms with Crippen LogP contribution in [0.25, 0.3) is 11.8 Å². The molecule has 4 aliphatic rings. The highest BCUT2D eigenvalue weighted by atomic mass is 19.1. The molecule has 11 heteroatoms. The van der Waals surface area contributed by atoms with Crippen molar-refractivity contribution in [2.24, 2.45) is 33.6 Å². The van der Waals surface area contributed by atoms with E-state index in [1.165, 1.54) is 24.0 Å². The van der Waals surface area contributed by atoms with Crippen molar-refractivity contribution in [1.82, 2.24) is 20.4 Å². The molecule has 0 saturated heterocycles. The molecular formula is C39H46FN5O5. The predicted octanol–water partition coefficient (Wildman–Crippen LogP) is 6.01. The van der Waals surface area contributed by atoms with Gasteiger partial charge in [0.25, 0.3) is 5.91 Å². The molecule has 5 unspecified atom stereocenters. The first kappa shape index (κ1) is 34.0. The number of aliphatic imine (C=N–C) groups is 1. The Balaban J connectivity index is 1.15. The molecule has 10 nitrogen and oxygen atoms in total. The van der Waals surface area contributed by atoms with Gasteiger partial charge in [0.2, 0.25) is 5.76 Å². The molecule has 2 aromatic heterocycles. The highest BCUT2D eigenvalue weighted by molar-refractivity contribution is 5.93. The van der Waals surface area contributed by atoms with Crippen molar-refractivity contribution in [2.75, 3.05) is 13.6 Å². The van der Waals surface area contributed by atoms with E-state index in [2.05, 4.69) is 33.7 Å². The van der Waals surface area contributed by atoms with Crippen molar-refractivity contribution in [3.8, 4) is 5.69 Å². The van der Waals surface area contributed by atoms with Gasteiger partial charge < -0.3 is 24.9 Å². The molecule has 50 heavy (non-hydrogen) atoms. The maximum Gasteiger partial charge on any atom is 0.375 e. The summed E-state index contributed by atoms with van der Waals surface area (Å²) in [5.41, 5.74) is 1.60. The normalized spacial score (nSPS) is 31.4. The van der Waals surface area contributed by atoms with Crippen LogP contribution < -0.4 is 10.6 Å². The summed E-state index contributed by atoms with van der Waals surface area (Å²) in [6.07, 6.45) is 15.2. The monoisotopic (exact) mass is 683 g/mol. The molecule has 3 fully saturated rings. The number of furan rings is 1. The van der Waals surface area contributed by atoms with Gasteiger partial charge in [-0.2, -0.15) is 5.10 Å². The quantitative estimate of drug-likeness (QED) is 0.136. The molecule has 7 atom stereocenters. The van der Waals surface area contributed by atoms with Crippen molar-refractivity contribution in [2.45, 2.75) is 76.9 Å². The maximum atomic E-state index is 14.3. The average Bonchev–Trinajstić information content (AvgIpc) is 3.84. The molecule has 4 aliphatic carbocycles. The highest BCUT2D eigenvalue weighted by Crippen LogP contribution is 2.68. The van der Waals surface area contributed by atoms with Crippen LogP contribution in [0.2, 0.25) is 0 Å². The van der Waals surface area contributed by atoms with Crippen molar-refractivity contribution >= 4 is 24.2 Å². The van der Waals surface area contributed by atoms with Crippen LogP contribution in [-0.2, 0) is 16.0 Å². The molecule has 264 valence electrons. The molecule has 3 saturated carbocycles. The van der Waals surface area contributed by atoms with Gasteiger partial charge in [-0.1, -0.05) is 19.4 Å². The highest BCUT2D eigenvalue weighted by Gasteiger charge is 2.71. The fourth-order valence-corrected chi connectivity index (χ4v) is 9.94. The van der Waals surface area contributed by atoms with E-state index >= 15 is 0 Å². The first-order chi connectivity index (χ1) is 24.1. The predicted molar refractivity (Wildman–Crippen MR) is 187 cm³/mol. The Hall–Kier alpha value is -4.51. The lowest BCUT2D eigenvalue weighted by atomic mass is 9.45. The number of unbranched alkanes of at least 4 members (excludes halogenated alkanes) is 1. The fraction of sp³-hybridized carbons (Fsp3) is 0.487. The van der Waals surface area contributed by atoms with Gasteiger partial charge in [-0.15, -0.1) is 0 Å². The zero-order valence-electron chi connectivity index (χ0n) is 28.9. The molecule has 3 aromatic rings. The second-order valence-corrected chi connectivity index (χ2v) is 14.8. The summed E-state index contributed by atoms with van der Waals surface area (Å²) in [6.45, 7) is 4.71. The lowest BCUT2D eigenvalue weighted by Crippen LogP contribution is -2.64. The van der Waals surface area contributed by atoms with Crippen LogP contribution in [0.4, 0.5) is 4.39 Å². The second-order valence-electron chi connectivity index (χ2n) is 14.8. The van der Waals surface area contributed by atoms with Crippen molar-refractivity contribution in [3.05, 3.63) is 89.7 Å². The third-order valence-corrected chi connectivity index (χ3v) is 12.2. The van der Waals surface area contributed by atoms with Crippen LogP contribution in [0.1, 0.15) is 80.6 Å². The van der Waals surface area contributed by atoms with Crippen LogP contribution in [-0.4, -0.2) is 58.3 Å². The molecule has 0 bridgehead atoms. The Bertz CT molecular complexity index is 1820. The van der Waals surface area contributed by atoms with E-state index in [0.717, 1.165) is 36.2 Å². The van der Waals surface area contributed by atoms with Gasteiger partial charge in [-0.05, 0) is 123 Å². The van der Waals surface area contributed by atoms with E-state index in [9.17, 15) is 19.1 Å². The summed E-state index contributed by atoms with van der Waals surface area (Å²) in [7, 11) is 1.80. The van der Waals surface area contributed by atoms with Gasteiger partial charge >= 0.3 is 5.97 Å². The largest absolute Gasteiger partial charge is 0.457 e. The van der Waals surface area contributed by atoms with Crippen LogP contribution in [0.3, 0.4) is 0 Å². The van der Waals surface area contributed by atoms with Crippen LogP contribution in [0.15, 0.2) is 76.2 Å². The number of halogens is 1. The SMILES string of the molecule is CN/C=C\N=CCCCNC(=O)[C@@]1(OC(=O)c2ccco2)CCC2C3CCC4=Cc5c(cnn5-c5ccc(F)cc5)CC4(C)C3[C@@H](O)CC21C. The molecule has 1 aromatic carbocycles. The Labute approximate surface area is 291 Å². The van der Waals surface area contributed by atoms with Gasteiger partial charge in [-0.3, -0.25) is 9.79 Å². The minimum atomic E-state index is -1.47. The van der Waals surface area contributed by atoms with Crippen molar-refractivity contribution in [1.29, 1.82) is 0 Å². The van der Waals surface area contributed by atoms with Gasteiger partial charge in [0.15, 0.2) is 5.60 Å². The Morgan fingerprint density at radius 3 is 2.80 bits per heavy atom. The van der Waals surface area contributed by atoms with Gasteiger partial charge in [-0.25, -0.2) is 13.9 Å². The minimum Gasteiger partial charge on any atom is -0.457 e. The van der Waals surface area contributed by atoms with E-state index in [0.29, 0.717) is 38.6 Å². The molecule has 2 heterocycles. The molecule has 1 amide bonds. The molecule has 0 radical (unpaired) electrons. The molecular weight excluding hydrogens is 637 g/mol. The number of hydrogen-bond donors (Lipinski definition) is 3. The third-order valence-electron chi connectivity index (χ3n) is 12.2. The number of amides is 1. The number of fused-ring (bicyclic) bond motifs is 6. The number of esters is 1. The zero-order valence-corrected chi connectivity index (χ0v) is 28.9. The first-order valence-electron chi connectivity index (χ1n) is 17.7. The number of benzene rings is 1. The van der Waals surface area contributed by atoms with Crippen LogP contribution in [0, 0.1) is 34.4 Å². The molecule has 3 N–H and O–H groups in total. The Morgan fingerprint density at radius 1 is 1.22 bits per heavy atom. The second kappa shape index (κ2) is 13.3. The number of nitrogens with zero attached hydrogens (tertiary/aromatic N) is 3. The summed E-state index contributed by atoms with van der Waals surface area (Å²) in [4.78, 5) is 32.1. The van der Waals surface area contributed by atoms with E-state index in [4.69, 9.17) is 9.15 Å². The third kappa shape index (κ3) is 5.59. The number of aliphatic hydroxyl groups is 1. The van der Waals surface area contributed by atoms with E-state index in [1.54, 1.807) is 49.9 Å². The van der Waals surface area contributed by atoms with Gasteiger partial charge in [0.05, 0.1) is 29.9 Å². The fourth-order valence-electron chi connectivity index (χ4n) is 9.94. The lowest BCUT2D eigenvalue weighted by Gasteiger charge is -2.60. The van der Waals surface area contributed by atoms with Crippen molar-refractivity contribution < 1.29 is 28.2 Å². The smallest absolute Gasteiger partial charge is 0.375 e. The average molecular weight is 684 g/mol. The number of hydrogen-bond acceptors (Lipinski definition) is 8. The topological polar surface area (TPSA) is 131 Å². The number of ether oxygens (including phenoxy) is 1. The van der Waals surface area contributed by atoms with Crippen LogP contribution in [0.5, 0.6) is 0 Å². The minimum absolute atomic E-state index is 0.0428. The Morgan fingerprint density at radius 2 is 2.04 bits per heavy atom.